The second kappa shape index (κ2) is 8.22. The lowest BCUT2D eigenvalue weighted by molar-refractivity contribution is -0.115. The highest BCUT2D eigenvalue weighted by Gasteiger charge is 2.24. The molecule has 0 spiro atoms. The van der Waals surface area contributed by atoms with E-state index in [0.717, 1.165) is 30.4 Å². The molecule has 3 rings (SSSR count). The fourth-order valence-corrected chi connectivity index (χ4v) is 4.84. The number of thiophene rings is 1. The minimum atomic E-state index is -0.137. The predicted molar refractivity (Wildman–Crippen MR) is 107 cm³/mol. The van der Waals surface area contributed by atoms with Crippen LogP contribution in [0.2, 0.25) is 5.02 Å². The van der Waals surface area contributed by atoms with Crippen LogP contribution < -0.4 is 10.6 Å². The first kappa shape index (κ1) is 18.9. The van der Waals surface area contributed by atoms with Crippen molar-refractivity contribution in [2.45, 2.75) is 39.2 Å². The largest absolute Gasteiger partial charge is 0.315 e. The van der Waals surface area contributed by atoms with Crippen LogP contribution in [0.5, 0.6) is 0 Å². The van der Waals surface area contributed by atoms with E-state index in [4.69, 9.17) is 11.6 Å². The summed E-state index contributed by atoms with van der Waals surface area (Å²) in [5.74, 6) is 0.499. The molecule has 2 N–H and O–H groups in total. The lowest BCUT2D eigenvalue weighted by Gasteiger charge is -2.17. The van der Waals surface area contributed by atoms with E-state index in [1.165, 1.54) is 4.88 Å². The third kappa shape index (κ3) is 4.27. The molecule has 1 aromatic carbocycles. The van der Waals surface area contributed by atoms with Crippen molar-refractivity contribution in [1.29, 1.82) is 5.26 Å². The van der Waals surface area contributed by atoms with Crippen LogP contribution in [0.1, 0.15) is 47.9 Å². The number of anilines is 1. The number of nitrogens with zero attached hydrogens (tertiary/aromatic N) is 1. The number of amides is 1. The maximum absolute atomic E-state index is 12.4. The van der Waals surface area contributed by atoms with Crippen molar-refractivity contribution in [2.75, 3.05) is 11.9 Å². The normalized spacial score (nSPS) is 17.2. The molecule has 1 aromatic heterocycles. The highest BCUT2D eigenvalue weighted by Crippen LogP contribution is 2.39. The molecule has 2 aromatic rings. The minimum Gasteiger partial charge on any atom is -0.315 e. The van der Waals surface area contributed by atoms with Gasteiger partial charge >= 0.3 is 0 Å². The van der Waals surface area contributed by atoms with Gasteiger partial charge in [-0.05, 0) is 55.4 Å². The number of nitriles is 1. The molecule has 1 amide bonds. The molecule has 0 radical (unpaired) electrons. The third-order valence-electron chi connectivity index (χ3n) is 4.79. The van der Waals surface area contributed by atoms with Gasteiger partial charge in [-0.2, -0.15) is 5.26 Å². The van der Waals surface area contributed by atoms with Gasteiger partial charge in [0.05, 0.1) is 12.1 Å². The fourth-order valence-electron chi connectivity index (χ4n) is 3.27. The Hall–Kier alpha value is -1.87. The summed E-state index contributed by atoms with van der Waals surface area (Å²) in [6.07, 6.45) is 3.02. The van der Waals surface area contributed by atoms with Gasteiger partial charge in [0, 0.05) is 15.9 Å². The number of fused-ring (bicyclic) bond motifs is 1. The Morgan fingerprint density at radius 1 is 1.50 bits per heavy atom. The highest BCUT2D eigenvalue weighted by molar-refractivity contribution is 7.16. The van der Waals surface area contributed by atoms with Crippen LogP contribution in [-0.2, 0) is 17.6 Å². The Labute approximate surface area is 163 Å². The summed E-state index contributed by atoms with van der Waals surface area (Å²) in [6, 6.07) is 9.87. The Balaban J connectivity index is 1.63. The van der Waals surface area contributed by atoms with E-state index in [0.29, 0.717) is 21.5 Å². The molecule has 6 heteroatoms. The van der Waals surface area contributed by atoms with Crippen LogP contribution in [0.15, 0.2) is 24.3 Å². The smallest absolute Gasteiger partial charge is 0.238 e. The zero-order valence-corrected chi connectivity index (χ0v) is 16.5. The fraction of sp³-hybridized carbons (Fsp3) is 0.400. The molecule has 1 aliphatic carbocycles. The van der Waals surface area contributed by atoms with Crippen LogP contribution in [0, 0.1) is 17.2 Å². The first-order chi connectivity index (χ1) is 12.5. The second-order valence-electron chi connectivity index (χ2n) is 6.87. The molecule has 0 fully saturated rings. The van der Waals surface area contributed by atoms with E-state index < -0.39 is 0 Å². The molecule has 26 heavy (non-hydrogen) atoms. The van der Waals surface area contributed by atoms with Crippen LogP contribution >= 0.6 is 22.9 Å². The first-order valence-electron chi connectivity index (χ1n) is 8.81. The standard InChI is InChI=1S/C20H22ClN3OS/c1-12-6-7-16-17(10-22)20(26-18(16)8-12)24-19(25)11-23-13(2)14-4-3-5-15(21)9-14/h3-5,9,12-13,23H,6-8,11H2,1-2H3,(H,24,25)/t12-,13+/m0/s1. The van der Waals surface area contributed by atoms with E-state index >= 15 is 0 Å². The molecule has 1 aliphatic rings. The molecule has 4 nitrogen and oxygen atoms in total. The monoisotopic (exact) mass is 387 g/mol. The van der Waals surface area contributed by atoms with E-state index in [2.05, 4.69) is 23.6 Å². The van der Waals surface area contributed by atoms with Gasteiger partial charge in [0.15, 0.2) is 0 Å². The van der Waals surface area contributed by atoms with Gasteiger partial charge in [0.1, 0.15) is 11.1 Å². The maximum atomic E-state index is 12.4. The zero-order valence-electron chi connectivity index (χ0n) is 14.9. The number of nitrogens with one attached hydrogen (secondary N) is 2. The van der Waals surface area contributed by atoms with Crippen LogP contribution in [-0.4, -0.2) is 12.5 Å². The average molecular weight is 388 g/mol. The summed E-state index contributed by atoms with van der Waals surface area (Å²) in [5, 5.41) is 17.0. The summed E-state index contributed by atoms with van der Waals surface area (Å²) in [6.45, 7) is 4.40. The number of carbonyl (C=O) groups excluding carboxylic acids is 1. The van der Waals surface area contributed by atoms with Crippen molar-refractivity contribution < 1.29 is 4.79 Å². The lowest BCUT2D eigenvalue weighted by atomic mass is 9.89. The number of benzene rings is 1. The molecule has 0 saturated carbocycles. The minimum absolute atomic E-state index is 0.00674. The number of hydrogen-bond donors (Lipinski definition) is 2. The third-order valence-corrected chi connectivity index (χ3v) is 6.20. The summed E-state index contributed by atoms with van der Waals surface area (Å²) in [7, 11) is 0. The molecule has 0 bridgehead atoms. The van der Waals surface area contributed by atoms with Gasteiger partial charge in [-0.25, -0.2) is 0 Å². The van der Waals surface area contributed by atoms with Crippen molar-refractivity contribution in [3.05, 3.63) is 50.9 Å². The summed E-state index contributed by atoms with van der Waals surface area (Å²) >= 11 is 7.57. The van der Waals surface area contributed by atoms with Gasteiger partial charge in [-0.3, -0.25) is 4.79 Å². The van der Waals surface area contributed by atoms with Crippen LogP contribution in [0.3, 0.4) is 0 Å². The number of halogens is 1. The number of hydrogen-bond acceptors (Lipinski definition) is 4. The Morgan fingerprint density at radius 3 is 3.04 bits per heavy atom. The number of carbonyl (C=O) groups is 1. The Bertz CT molecular complexity index is 855. The SMILES string of the molecule is C[C@H]1CCc2c(sc(NC(=O)CN[C@H](C)c3cccc(Cl)c3)c2C#N)C1. The van der Waals surface area contributed by atoms with E-state index in [-0.39, 0.29) is 18.5 Å². The summed E-state index contributed by atoms with van der Waals surface area (Å²) in [5.41, 5.74) is 2.81. The zero-order chi connectivity index (χ0) is 18.7. The predicted octanol–water partition coefficient (Wildman–Crippen LogP) is 4.69. The summed E-state index contributed by atoms with van der Waals surface area (Å²) in [4.78, 5) is 13.6. The highest BCUT2D eigenvalue weighted by atomic mass is 35.5. The quantitative estimate of drug-likeness (QED) is 0.782. The van der Waals surface area contributed by atoms with Crippen molar-refractivity contribution in [2.24, 2.45) is 5.92 Å². The van der Waals surface area contributed by atoms with Gasteiger partial charge in [0.25, 0.3) is 0 Å². The van der Waals surface area contributed by atoms with Gasteiger partial charge in [0.2, 0.25) is 5.91 Å². The van der Waals surface area contributed by atoms with Crippen molar-refractivity contribution in [1.82, 2.24) is 5.32 Å². The molecule has 0 aliphatic heterocycles. The molecular formula is C20H22ClN3OS. The molecule has 1 heterocycles. The van der Waals surface area contributed by atoms with Gasteiger partial charge < -0.3 is 10.6 Å². The van der Waals surface area contributed by atoms with Crippen molar-refractivity contribution >= 4 is 33.8 Å². The molecule has 0 unspecified atom stereocenters. The van der Waals surface area contributed by atoms with Gasteiger partial charge in [-0.15, -0.1) is 11.3 Å². The second-order valence-corrected chi connectivity index (χ2v) is 8.42. The van der Waals surface area contributed by atoms with Crippen LogP contribution in [0.4, 0.5) is 5.00 Å². The van der Waals surface area contributed by atoms with Crippen molar-refractivity contribution in [3.8, 4) is 6.07 Å². The Morgan fingerprint density at radius 2 is 2.31 bits per heavy atom. The average Bonchev–Trinajstić information content (AvgIpc) is 2.95. The molecular weight excluding hydrogens is 366 g/mol. The van der Waals surface area contributed by atoms with Crippen molar-refractivity contribution in [3.63, 3.8) is 0 Å². The van der Waals surface area contributed by atoms with E-state index in [1.54, 1.807) is 11.3 Å². The van der Waals surface area contributed by atoms with Crippen LogP contribution in [0.25, 0.3) is 0 Å². The Kier molecular flexibility index (Phi) is 5.98. The van der Waals surface area contributed by atoms with E-state index in [9.17, 15) is 10.1 Å². The lowest BCUT2D eigenvalue weighted by Crippen LogP contribution is -2.30. The van der Waals surface area contributed by atoms with Gasteiger partial charge in [-0.1, -0.05) is 30.7 Å². The summed E-state index contributed by atoms with van der Waals surface area (Å²) < 4.78 is 0. The molecule has 136 valence electrons. The van der Waals surface area contributed by atoms with E-state index in [1.807, 2.05) is 31.2 Å². The topological polar surface area (TPSA) is 64.9 Å². The number of rotatable bonds is 5. The molecule has 2 atom stereocenters. The maximum Gasteiger partial charge on any atom is 0.238 e. The first-order valence-corrected chi connectivity index (χ1v) is 10.0. The molecule has 0 saturated heterocycles.